The van der Waals surface area contributed by atoms with Gasteiger partial charge in [-0.1, -0.05) is 34.1 Å². The van der Waals surface area contributed by atoms with E-state index in [-0.39, 0.29) is 18.4 Å². The van der Waals surface area contributed by atoms with Crippen LogP contribution in [0, 0.1) is 17.8 Å². The number of carbonyl (C=O) groups excluding carboxylic acids is 3. The molecule has 1 saturated carbocycles. The van der Waals surface area contributed by atoms with Crippen molar-refractivity contribution in [2.45, 2.75) is 85.8 Å². The van der Waals surface area contributed by atoms with Gasteiger partial charge in [0.25, 0.3) is 0 Å². The minimum Gasteiger partial charge on any atom is -0.481 e. The molecule has 9 heteroatoms. The quantitative estimate of drug-likeness (QED) is 0.597. The smallest absolute Gasteiger partial charge is 0.408 e. The Labute approximate surface area is 186 Å². The molecule has 0 radical (unpaired) electrons. The molecule has 2 rings (SSSR count). The van der Waals surface area contributed by atoms with E-state index in [2.05, 4.69) is 26.1 Å². The number of hydrogen-bond donors (Lipinski definition) is 3. The second-order valence-corrected chi connectivity index (χ2v) is 9.58. The monoisotopic (exact) mass is 443 g/mol. The fraction of sp³-hybridized carbons (Fsp3) is 0.818. The van der Waals surface area contributed by atoms with Gasteiger partial charge in [0.2, 0.25) is 11.8 Å². The third kappa shape index (κ3) is 12.9. The second-order valence-electron chi connectivity index (χ2n) is 9.58. The van der Waals surface area contributed by atoms with Crippen LogP contribution in [0.2, 0.25) is 0 Å². The number of nitrogens with one attached hydrogen (secondary N) is 1. The maximum Gasteiger partial charge on any atom is 0.408 e. The Hall–Kier alpha value is -2.32. The van der Waals surface area contributed by atoms with Crippen LogP contribution >= 0.6 is 0 Å². The highest BCUT2D eigenvalue weighted by molar-refractivity contribution is 5.89. The number of carbonyl (C=O) groups is 4. The molecule has 0 aromatic heterocycles. The number of alkyl carbamates (subject to hydrolysis) is 1. The Morgan fingerprint density at radius 1 is 1.19 bits per heavy atom. The van der Waals surface area contributed by atoms with Crippen molar-refractivity contribution in [2.24, 2.45) is 23.5 Å². The van der Waals surface area contributed by atoms with Gasteiger partial charge in [0, 0.05) is 6.54 Å². The van der Waals surface area contributed by atoms with Crippen LogP contribution < -0.4 is 11.1 Å². The standard InChI is InChI=1S/C12H21N3O4.C6H10O2.C4H10/c1-12(2,3)19-11(18)14-7-9(16)15-6-4-5-8(15)10(13)17;1-2-4-3-5(4)6(7)8;1-4(2)3/h8H,4-7H2,1-3H3,(H2,13,17)(H,14,18);4-5H,2-3H2,1H3,(H,7,8);4H,1-3H3. The van der Waals surface area contributed by atoms with Crippen LogP contribution in [0.3, 0.4) is 0 Å². The summed E-state index contributed by atoms with van der Waals surface area (Å²) in [5.74, 6) is -0.125. The number of rotatable bonds is 5. The summed E-state index contributed by atoms with van der Waals surface area (Å²) in [6.07, 6.45) is 2.60. The molecule has 0 aromatic carbocycles. The first-order chi connectivity index (χ1) is 14.2. The van der Waals surface area contributed by atoms with E-state index in [9.17, 15) is 19.2 Å². The molecule has 2 fully saturated rings. The summed E-state index contributed by atoms with van der Waals surface area (Å²) in [5.41, 5.74) is 4.61. The lowest BCUT2D eigenvalue weighted by Crippen LogP contribution is -2.48. The van der Waals surface area contributed by atoms with Crippen molar-refractivity contribution in [1.29, 1.82) is 0 Å². The van der Waals surface area contributed by atoms with E-state index < -0.39 is 29.6 Å². The Bertz CT molecular complexity index is 612. The lowest BCUT2D eigenvalue weighted by molar-refractivity contribution is -0.138. The van der Waals surface area contributed by atoms with E-state index >= 15 is 0 Å². The fourth-order valence-corrected chi connectivity index (χ4v) is 2.93. The predicted molar refractivity (Wildman–Crippen MR) is 118 cm³/mol. The molecule has 0 spiro atoms. The molecule has 0 aromatic rings. The molecule has 180 valence electrons. The molecule has 1 heterocycles. The average molecular weight is 444 g/mol. The average Bonchev–Trinajstić information content (AvgIpc) is 3.25. The van der Waals surface area contributed by atoms with Gasteiger partial charge in [0.05, 0.1) is 5.92 Å². The molecule has 9 nitrogen and oxygen atoms in total. The number of aliphatic carboxylic acids is 1. The summed E-state index contributed by atoms with van der Waals surface area (Å²) in [5, 5.41) is 10.7. The molecule has 1 aliphatic heterocycles. The van der Waals surface area contributed by atoms with Gasteiger partial charge in [-0.2, -0.15) is 0 Å². The molecule has 0 bridgehead atoms. The van der Waals surface area contributed by atoms with Crippen LogP contribution in [-0.2, 0) is 19.1 Å². The normalized spacial score (nSPS) is 21.8. The lowest BCUT2D eigenvalue weighted by Gasteiger charge is -2.23. The lowest BCUT2D eigenvalue weighted by atomic mass is 10.2. The predicted octanol–water partition coefficient (Wildman–Crippen LogP) is 2.77. The van der Waals surface area contributed by atoms with Crippen LogP contribution in [0.1, 0.15) is 74.1 Å². The summed E-state index contributed by atoms with van der Waals surface area (Å²) in [7, 11) is 0. The van der Waals surface area contributed by atoms with Crippen LogP contribution in [0.4, 0.5) is 4.79 Å². The van der Waals surface area contributed by atoms with E-state index in [4.69, 9.17) is 15.6 Å². The number of nitrogens with zero attached hydrogens (tertiary/aromatic N) is 1. The third-order valence-electron chi connectivity index (χ3n) is 4.45. The van der Waals surface area contributed by atoms with E-state index in [1.54, 1.807) is 20.8 Å². The fourth-order valence-electron chi connectivity index (χ4n) is 2.93. The Morgan fingerprint density at radius 3 is 2.10 bits per heavy atom. The Morgan fingerprint density at radius 2 is 1.74 bits per heavy atom. The molecular formula is C22H41N3O6. The first-order valence-electron chi connectivity index (χ1n) is 11.0. The number of amides is 3. The minimum atomic E-state index is -0.657. The van der Waals surface area contributed by atoms with Gasteiger partial charge in [-0.25, -0.2) is 4.79 Å². The van der Waals surface area contributed by atoms with Gasteiger partial charge in [-0.05, 0) is 51.9 Å². The maximum absolute atomic E-state index is 11.9. The van der Waals surface area contributed by atoms with Gasteiger partial charge >= 0.3 is 12.1 Å². The second kappa shape index (κ2) is 13.2. The molecule has 3 amide bonds. The molecule has 3 unspecified atom stereocenters. The SMILES string of the molecule is CC(C)(C)OC(=O)NCC(=O)N1CCCC1C(N)=O.CC(C)C.CCC1CC1C(=O)O. The zero-order valence-electron chi connectivity index (χ0n) is 20.1. The van der Waals surface area contributed by atoms with Crippen LogP contribution in [0.25, 0.3) is 0 Å². The van der Waals surface area contributed by atoms with Crippen molar-refractivity contribution in [3.8, 4) is 0 Å². The van der Waals surface area contributed by atoms with Crippen LogP contribution in [0.15, 0.2) is 0 Å². The summed E-state index contributed by atoms with van der Waals surface area (Å²) >= 11 is 0. The van der Waals surface area contributed by atoms with Crippen molar-refractivity contribution < 1.29 is 29.0 Å². The molecule has 2 aliphatic rings. The number of likely N-dealkylation sites (tertiary alicyclic amines) is 1. The van der Waals surface area contributed by atoms with Crippen molar-refractivity contribution in [2.75, 3.05) is 13.1 Å². The van der Waals surface area contributed by atoms with Gasteiger partial charge in [-0.15, -0.1) is 0 Å². The summed E-state index contributed by atoms with van der Waals surface area (Å²) in [4.78, 5) is 46.0. The van der Waals surface area contributed by atoms with E-state index in [1.165, 1.54) is 4.90 Å². The van der Waals surface area contributed by atoms with Gasteiger partial charge in [-0.3, -0.25) is 14.4 Å². The number of hydrogen-bond acceptors (Lipinski definition) is 5. The van der Waals surface area contributed by atoms with E-state index in [0.717, 1.165) is 25.2 Å². The highest BCUT2D eigenvalue weighted by Crippen LogP contribution is 2.40. The van der Waals surface area contributed by atoms with E-state index in [1.807, 2.05) is 6.92 Å². The Balaban J connectivity index is 0.000000613. The van der Waals surface area contributed by atoms with Gasteiger partial charge in [0.15, 0.2) is 0 Å². The maximum atomic E-state index is 11.9. The van der Waals surface area contributed by atoms with Crippen LogP contribution in [0.5, 0.6) is 0 Å². The summed E-state index contributed by atoms with van der Waals surface area (Å²) in [6.45, 7) is 14.0. The van der Waals surface area contributed by atoms with Crippen LogP contribution in [-0.4, -0.2) is 58.6 Å². The van der Waals surface area contributed by atoms with Crippen molar-refractivity contribution >= 4 is 23.9 Å². The molecule has 4 N–H and O–H groups in total. The molecule has 3 atom stereocenters. The first kappa shape index (κ1) is 28.7. The highest BCUT2D eigenvalue weighted by atomic mass is 16.6. The number of ether oxygens (including phenoxy) is 1. The molecule has 1 saturated heterocycles. The van der Waals surface area contributed by atoms with Gasteiger partial charge in [0.1, 0.15) is 18.2 Å². The zero-order valence-corrected chi connectivity index (χ0v) is 20.1. The number of primary amides is 1. The van der Waals surface area contributed by atoms with Crippen molar-refractivity contribution in [3.05, 3.63) is 0 Å². The number of carboxylic acids is 1. The van der Waals surface area contributed by atoms with Gasteiger partial charge < -0.3 is 25.8 Å². The summed E-state index contributed by atoms with van der Waals surface area (Å²) in [6, 6.07) is -0.562. The third-order valence-corrected chi connectivity index (χ3v) is 4.45. The number of nitrogens with two attached hydrogens (primary N) is 1. The van der Waals surface area contributed by atoms with Crippen molar-refractivity contribution in [1.82, 2.24) is 10.2 Å². The highest BCUT2D eigenvalue weighted by Gasteiger charge is 2.41. The molecular weight excluding hydrogens is 402 g/mol. The van der Waals surface area contributed by atoms with Crippen molar-refractivity contribution in [3.63, 3.8) is 0 Å². The van der Waals surface area contributed by atoms with E-state index in [0.29, 0.717) is 18.9 Å². The Kier molecular flexibility index (Phi) is 12.2. The topological polar surface area (TPSA) is 139 Å². The first-order valence-corrected chi connectivity index (χ1v) is 11.0. The largest absolute Gasteiger partial charge is 0.481 e. The molecule has 1 aliphatic carbocycles. The minimum absolute atomic E-state index is 0.000000000000000222. The number of carboxylic acid groups (broad SMARTS) is 1. The zero-order chi connectivity index (χ0) is 24.4. The molecule has 31 heavy (non-hydrogen) atoms. The summed E-state index contributed by atoms with van der Waals surface area (Å²) < 4.78 is 5.01.